The fourth-order valence-electron chi connectivity index (χ4n) is 1.06. The molecular weight excluding hydrogens is 172 g/mol. The van der Waals surface area contributed by atoms with Gasteiger partial charge >= 0.3 is 8.80 Å². The first kappa shape index (κ1) is 12.1. The zero-order chi connectivity index (χ0) is 9.45. The van der Waals surface area contributed by atoms with E-state index in [9.17, 15) is 4.80 Å². The van der Waals surface area contributed by atoms with Gasteiger partial charge in [0, 0.05) is 20.3 Å². The molecule has 0 atom stereocenters. The fourth-order valence-corrected chi connectivity index (χ4v) is 2.33. The summed E-state index contributed by atoms with van der Waals surface area (Å²) < 4.78 is 9.88. The summed E-state index contributed by atoms with van der Waals surface area (Å²) in [6.45, 7) is 2.16. The van der Waals surface area contributed by atoms with Crippen LogP contribution < -0.4 is 0 Å². The van der Waals surface area contributed by atoms with E-state index in [1.54, 1.807) is 0 Å². The Bertz CT molecular complexity index is 104. The monoisotopic (exact) mass is 192 g/mol. The van der Waals surface area contributed by atoms with Gasteiger partial charge in [0.25, 0.3) is 0 Å². The summed E-state index contributed by atoms with van der Waals surface area (Å²) in [5, 5.41) is 0. The van der Waals surface area contributed by atoms with Crippen LogP contribution in [0.1, 0.15) is 32.6 Å². The summed E-state index contributed by atoms with van der Waals surface area (Å²) in [4.78, 5) is 9.62. The van der Waals surface area contributed by atoms with E-state index in [1.165, 1.54) is 27.1 Å². The van der Waals surface area contributed by atoms with Gasteiger partial charge in [-0.3, -0.25) is 0 Å². The third kappa shape index (κ3) is 4.87. The van der Waals surface area contributed by atoms with Crippen LogP contribution in [0, 0.1) is 0 Å². The molecule has 0 bridgehead atoms. The van der Waals surface area contributed by atoms with Crippen LogP contribution in [0.2, 0.25) is 6.04 Å². The van der Waals surface area contributed by atoms with Gasteiger partial charge in [-0.05, 0) is 6.42 Å². The molecule has 0 spiro atoms. The van der Waals surface area contributed by atoms with Crippen LogP contribution in [0.5, 0.6) is 0 Å². The van der Waals surface area contributed by atoms with E-state index in [4.69, 9.17) is 8.85 Å². The van der Waals surface area contributed by atoms with Gasteiger partial charge in [0.15, 0.2) is 0 Å². The first-order valence-corrected chi connectivity index (χ1v) is 6.48. The lowest BCUT2D eigenvalue weighted by atomic mass is 10.2. The average Bonchev–Trinajstić information content (AvgIpc) is 2.12. The highest BCUT2D eigenvalue weighted by Gasteiger charge is 2.32. The van der Waals surface area contributed by atoms with E-state index in [0.717, 1.165) is 12.8 Å². The predicted octanol–water partition coefficient (Wildman–Crippen LogP) is 1.79. The van der Waals surface area contributed by atoms with E-state index in [2.05, 4.69) is 6.92 Å². The highest BCUT2D eigenvalue weighted by molar-refractivity contribution is 6.59. The fraction of sp³-hybridized carbons (Fsp3) is 1.00. The lowest BCUT2D eigenvalue weighted by Crippen LogP contribution is -2.39. The molecule has 12 heavy (non-hydrogen) atoms. The molecule has 1 N–H and O–H groups in total. The van der Waals surface area contributed by atoms with Crippen molar-refractivity contribution in [1.82, 2.24) is 0 Å². The zero-order valence-electron chi connectivity index (χ0n) is 8.30. The predicted molar refractivity (Wildman–Crippen MR) is 50.9 cm³/mol. The topological polar surface area (TPSA) is 38.7 Å². The summed E-state index contributed by atoms with van der Waals surface area (Å²) in [7, 11) is 0.272. The summed E-state index contributed by atoms with van der Waals surface area (Å²) in [5.41, 5.74) is 0. The maximum absolute atomic E-state index is 9.62. The van der Waals surface area contributed by atoms with Gasteiger partial charge in [0.05, 0.1) is 0 Å². The van der Waals surface area contributed by atoms with Crippen molar-refractivity contribution in [3.05, 3.63) is 0 Å². The van der Waals surface area contributed by atoms with Gasteiger partial charge in [-0.2, -0.15) is 0 Å². The molecule has 0 aliphatic carbocycles. The van der Waals surface area contributed by atoms with Gasteiger partial charge in [-0.1, -0.05) is 26.2 Å². The van der Waals surface area contributed by atoms with E-state index >= 15 is 0 Å². The quantitative estimate of drug-likeness (QED) is 0.494. The van der Waals surface area contributed by atoms with Gasteiger partial charge in [-0.25, -0.2) is 0 Å². The van der Waals surface area contributed by atoms with E-state index in [-0.39, 0.29) is 0 Å². The van der Waals surface area contributed by atoms with Crippen molar-refractivity contribution < 1.29 is 13.6 Å². The van der Waals surface area contributed by atoms with E-state index in [1.807, 2.05) is 0 Å². The minimum Gasteiger partial charge on any atom is -0.390 e. The number of unbranched alkanes of at least 4 members (excludes halogenated alkanes) is 3. The number of hydrogen-bond acceptors (Lipinski definition) is 3. The van der Waals surface area contributed by atoms with Crippen LogP contribution in [0.25, 0.3) is 0 Å². The molecular formula is C8H20O3Si. The molecule has 0 heterocycles. The Morgan fingerprint density at radius 3 is 2.08 bits per heavy atom. The molecule has 0 aliphatic heterocycles. The Morgan fingerprint density at radius 2 is 1.67 bits per heavy atom. The Morgan fingerprint density at radius 1 is 1.08 bits per heavy atom. The van der Waals surface area contributed by atoms with Crippen molar-refractivity contribution >= 4 is 8.80 Å². The first-order valence-electron chi connectivity index (χ1n) is 4.51. The molecule has 0 aromatic heterocycles. The average molecular weight is 192 g/mol. The summed E-state index contributed by atoms with van der Waals surface area (Å²) in [6, 6.07) is 0.681. The van der Waals surface area contributed by atoms with Crippen molar-refractivity contribution in [1.29, 1.82) is 0 Å². The number of rotatable bonds is 7. The molecule has 0 unspecified atom stereocenters. The normalized spacial score (nSPS) is 12.0. The second-order valence-corrected chi connectivity index (χ2v) is 5.67. The molecule has 0 fully saturated rings. The molecule has 0 saturated heterocycles. The smallest absolute Gasteiger partial charge is 0.390 e. The lowest BCUT2D eigenvalue weighted by molar-refractivity contribution is 0.150. The van der Waals surface area contributed by atoms with Crippen LogP contribution in [0.3, 0.4) is 0 Å². The minimum atomic E-state index is -2.75. The standard InChI is InChI=1S/C8H20O3Si/c1-4-5-6-7-8-12(9,10-2)11-3/h9H,4-8H2,1-3H3. The van der Waals surface area contributed by atoms with Crippen molar-refractivity contribution in [3.63, 3.8) is 0 Å². The SMILES string of the molecule is CCCCCC[Si](O)(OC)OC. The van der Waals surface area contributed by atoms with Gasteiger partial charge in [-0.15, -0.1) is 0 Å². The van der Waals surface area contributed by atoms with Crippen molar-refractivity contribution in [2.24, 2.45) is 0 Å². The van der Waals surface area contributed by atoms with Crippen molar-refractivity contribution in [3.8, 4) is 0 Å². The largest absolute Gasteiger partial charge is 0.497 e. The van der Waals surface area contributed by atoms with Gasteiger partial charge in [0.2, 0.25) is 0 Å². The Kier molecular flexibility index (Phi) is 6.65. The summed E-state index contributed by atoms with van der Waals surface area (Å²) >= 11 is 0. The van der Waals surface area contributed by atoms with Crippen molar-refractivity contribution in [2.75, 3.05) is 14.2 Å². The third-order valence-corrected chi connectivity index (χ3v) is 4.25. The minimum absolute atomic E-state index is 0.681. The second kappa shape index (κ2) is 6.60. The second-order valence-electron chi connectivity index (χ2n) is 2.93. The van der Waals surface area contributed by atoms with Crippen LogP contribution in [0.4, 0.5) is 0 Å². The van der Waals surface area contributed by atoms with Crippen LogP contribution in [-0.4, -0.2) is 27.8 Å². The van der Waals surface area contributed by atoms with E-state index < -0.39 is 8.80 Å². The van der Waals surface area contributed by atoms with Crippen LogP contribution >= 0.6 is 0 Å². The lowest BCUT2D eigenvalue weighted by Gasteiger charge is -2.19. The zero-order valence-corrected chi connectivity index (χ0v) is 9.30. The Hall–Kier alpha value is 0.0969. The van der Waals surface area contributed by atoms with E-state index in [0.29, 0.717) is 6.04 Å². The molecule has 0 radical (unpaired) electrons. The molecule has 0 saturated carbocycles. The molecule has 4 heteroatoms. The number of hydrogen-bond donors (Lipinski definition) is 1. The van der Waals surface area contributed by atoms with Gasteiger partial charge < -0.3 is 13.6 Å². The van der Waals surface area contributed by atoms with Gasteiger partial charge in [0.1, 0.15) is 0 Å². The maximum atomic E-state index is 9.62. The highest BCUT2D eigenvalue weighted by Crippen LogP contribution is 2.13. The van der Waals surface area contributed by atoms with Crippen molar-refractivity contribution in [2.45, 2.75) is 38.7 Å². The van der Waals surface area contributed by atoms with Crippen LogP contribution in [-0.2, 0) is 8.85 Å². The molecule has 0 amide bonds. The molecule has 0 aromatic carbocycles. The Labute approximate surface area is 76.1 Å². The summed E-state index contributed by atoms with van der Waals surface area (Å²) in [5.74, 6) is 0. The van der Waals surface area contributed by atoms with Crippen LogP contribution in [0.15, 0.2) is 0 Å². The molecule has 3 nitrogen and oxygen atoms in total. The molecule has 0 aromatic rings. The third-order valence-electron chi connectivity index (χ3n) is 1.98. The highest BCUT2D eigenvalue weighted by atomic mass is 28.4. The Balaban J connectivity index is 3.45. The molecule has 74 valence electrons. The first-order chi connectivity index (χ1) is 5.68. The molecule has 0 rings (SSSR count). The molecule has 0 aliphatic rings. The summed E-state index contributed by atoms with van der Waals surface area (Å²) in [6.07, 6.45) is 4.58. The maximum Gasteiger partial charge on any atom is 0.497 e.